The largest absolute Gasteiger partial charge is 0.497 e. The van der Waals surface area contributed by atoms with Gasteiger partial charge in [-0.25, -0.2) is 4.39 Å². The molecule has 0 bridgehead atoms. The van der Waals surface area contributed by atoms with Gasteiger partial charge in [0.05, 0.1) is 30.7 Å². The number of β-amino-alcohol motifs (C(OH)–C–C–N with tert-alkyl or cyclic N) is 1. The lowest BCUT2D eigenvalue weighted by Crippen LogP contribution is -2.30. The third-order valence-electron chi connectivity index (χ3n) is 4.69. The van der Waals surface area contributed by atoms with Crippen molar-refractivity contribution >= 4 is 17.5 Å². The van der Waals surface area contributed by atoms with Crippen molar-refractivity contribution in [2.45, 2.75) is 32.1 Å². The number of benzene rings is 2. The van der Waals surface area contributed by atoms with Gasteiger partial charge < -0.3 is 19.5 Å². The molecule has 1 fully saturated rings. The van der Waals surface area contributed by atoms with Gasteiger partial charge in [-0.1, -0.05) is 11.6 Å². The summed E-state index contributed by atoms with van der Waals surface area (Å²) in [7, 11) is 1.58. The number of nitrogens with zero attached hydrogens (tertiary/aromatic N) is 1. The van der Waals surface area contributed by atoms with E-state index < -0.39 is 18.0 Å². The summed E-state index contributed by atoms with van der Waals surface area (Å²) < 4.78 is 24.9. The maximum absolute atomic E-state index is 14.0. The van der Waals surface area contributed by atoms with Crippen molar-refractivity contribution < 1.29 is 23.8 Å². The van der Waals surface area contributed by atoms with Gasteiger partial charge in [0, 0.05) is 12.1 Å². The van der Waals surface area contributed by atoms with Crippen LogP contribution in [0.2, 0.25) is 5.02 Å². The van der Waals surface area contributed by atoms with Crippen molar-refractivity contribution in [3.63, 3.8) is 0 Å². The minimum Gasteiger partial charge on any atom is -0.497 e. The fraction of sp³-hybridized carbons (Fsp3) is 0.350. The van der Waals surface area contributed by atoms with Crippen LogP contribution >= 0.6 is 11.6 Å². The van der Waals surface area contributed by atoms with Crippen LogP contribution in [0.5, 0.6) is 11.5 Å². The van der Waals surface area contributed by atoms with Crippen molar-refractivity contribution in [3.05, 3.63) is 58.4 Å². The highest BCUT2D eigenvalue weighted by molar-refractivity contribution is 6.31. The Balaban J connectivity index is 1.84. The van der Waals surface area contributed by atoms with Gasteiger partial charge in [-0.05, 0) is 48.9 Å². The van der Waals surface area contributed by atoms with Crippen LogP contribution < -0.4 is 9.47 Å². The van der Waals surface area contributed by atoms with Crippen LogP contribution in [0, 0.1) is 5.82 Å². The molecule has 2 atom stereocenters. The number of carbonyl (C=O) groups excluding carboxylic acids is 1. The average molecular weight is 394 g/mol. The first-order valence-corrected chi connectivity index (χ1v) is 8.99. The average Bonchev–Trinajstić information content (AvgIpc) is 2.98. The summed E-state index contributed by atoms with van der Waals surface area (Å²) in [5.41, 5.74) is 1.17. The molecule has 7 heteroatoms. The molecule has 2 aromatic carbocycles. The molecule has 1 amide bonds. The predicted octanol–water partition coefficient (Wildman–Crippen LogP) is 3.72. The zero-order valence-corrected chi connectivity index (χ0v) is 15.9. The Morgan fingerprint density at radius 1 is 1.30 bits per heavy atom. The molecule has 0 aliphatic carbocycles. The molecule has 0 radical (unpaired) electrons. The van der Waals surface area contributed by atoms with Gasteiger partial charge in [0.2, 0.25) is 5.91 Å². The van der Waals surface area contributed by atoms with Gasteiger partial charge in [-0.3, -0.25) is 4.79 Å². The number of hydrogen-bond acceptors (Lipinski definition) is 4. The molecular weight excluding hydrogens is 373 g/mol. The highest BCUT2D eigenvalue weighted by atomic mass is 35.5. The monoisotopic (exact) mass is 393 g/mol. The van der Waals surface area contributed by atoms with E-state index in [2.05, 4.69) is 0 Å². The van der Waals surface area contributed by atoms with Crippen LogP contribution in [0.25, 0.3) is 0 Å². The van der Waals surface area contributed by atoms with Gasteiger partial charge in [0.1, 0.15) is 23.9 Å². The van der Waals surface area contributed by atoms with Crippen LogP contribution in [0.15, 0.2) is 36.4 Å². The number of halogens is 2. The molecule has 2 aromatic rings. The van der Waals surface area contributed by atoms with E-state index in [9.17, 15) is 14.3 Å². The smallest absolute Gasteiger partial charge is 0.225 e. The Kier molecular flexibility index (Phi) is 5.87. The van der Waals surface area contributed by atoms with Crippen LogP contribution in [-0.4, -0.2) is 35.7 Å². The zero-order valence-electron chi connectivity index (χ0n) is 15.1. The van der Waals surface area contributed by atoms with Gasteiger partial charge in [0.15, 0.2) is 0 Å². The number of hydrogen-bond donors (Lipinski definition) is 1. The van der Waals surface area contributed by atoms with Gasteiger partial charge in [0.25, 0.3) is 0 Å². The highest BCUT2D eigenvalue weighted by Crippen LogP contribution is 2.33. The summed E-state index contributed by atoms with van der Waals surface area (Å²) in [4.78, 5) is 13.7. The van der Waals surface area contributed by atoms with Crippen molar-refractivity contribution in [2.24, 2.45) is 0 Å². The van der Waals surface area contributed by atoms with E-state index in [0.717, 1.165) is 0 Å². The first kappa shape index (κ1) is 19.5. The van der Waals surface area contributed by atoms with E-state index in [1.165, 1.54) is 17.0 Å². The lowest BCUT2D eigenvalue weighted by Gasteiger charge is -2.27. The molecule has 3 rings (SSSR count). The Morgan fingerprint density at radius 3 is 2.56 bits per heavy atom. The third-order valence-corrected chi connectivity index (χ3v) is 5.03. The lowest BCUT2D eigenvalue weighted by atomic mass is 10.0. The minimum atomic E-state index is -0.706. The van der Waals surface area contributed by atoms with Crippen LogP contribution in [0.4, 0.5) is 4.39 Å². The molecule has 5 nitrogen and oxygen atoms in total. The molecule has 0 saturated carbocycles. The van der Waals surface area contributed by atoms with Crippen LogP contribution in [0.3, 0.4) is 0 Å². The zero-order chi connectivity index (χ0) is 19.6. The third kappa shape index (κ3) is 4.34. The second kappa shape index (κ2) is 8.15. The first-order chi connectivity index (χ1) is 12.9. The number of ether oxygens (including phenoxy) is 2. The number of amides is 1. The Labute approximate surface area is 162 Å². The van der Waals surface area contributed by atoms with E-state index in [1.807, 2.05) is 0 Å². The second-order valence-corrected chi connectivity index (χ2v) is 6.91. The molecule has 144 valence electrons. The second-order valence-electron chi connectivity index (χ2n) is 6.50. The highest BCUT2D eigenvalue weighted by Gasteiger charge is 2.33. The number of aliphatic hydroxyl groups excluding tert-OH is 1. The molecular formula is C20H21ClFNO4. The summed E-state index contributed by atoms with van der Waals surface area (Å²) in [5, 5.41) is 9.98. The molecule has 27 heavy (non-hydrogen) atoms. The standard InChI is InChI=1S/C20H21ClFNO4/c1-12(23-10-14(24)9-20(23)25)17-7-13(22)8-19(21)18(17)11-27-16-5-3-15(26-2)4-6-16/h3-8,12,14,24H,9-11H2,1-2H3/t12?,14-/m0/s1. The molecule has 1 unspecified atom stereocenters. The summed E-state index contributed by atoms with van der Waals surface area (Å²) in [6.07, 6.45) is -0.631. The molecule has 1 N–H and O–H groups in total. The fourth-order valence-corrected chi connectivity index (χ4v) is 3.50. The van der Waals surface area contributed by atoms with Crippen molar-refractivity contribution in [2.75, 3.05) is 13.7 Å². The van der Waals surface area contributed by atoms with E-state index in [4.69, 9.17) is 21.1 Å². The van der Waals surface area contributed by atoms with Gasteiger partial charge in [-0.15, -0.1) is 0 Å². The lowest BCUT2D eigenvalue weighted by molar-refractivity contribution is -0.129. The Morgan fingerprint density at radius 2 is 1.96 bits per heavy atom. The van der Waals surface area contributed by atoms with Gasteiger partial charge in [-0.2, -0.15) is 0 Å². The molecule has 1 saturated heterocycles. The number of methoxy groups -OCH3 is 1. The van der Waals surface area contributed by atoms with Crippen molar-refractivity contribution in [1.82, 2.24) is 4.90 Å². The van der Waals surface area contributed by atoms with E-state index in [1.54, 1.807) is 38.3 Å². The van der Waals surface area contributed by atoms with Crippen molar-refractivity contribution in [1.29, 1.82) is 0 Å². The van der Waals surface area contributed by atoms with E-state index in [-0.39, 0.29) is 30.5 Å². The van der Waals surface area contributed by atoms with Crippen molar-refractivity contribution in [3.8, 4) is 11.5 Å². The molecule has 1 aliphatic heterocycles. The molecule has 1 heterocycles. The number of rotatable bonds is 6. The topological polar surface area (TPSA) is 59.0 Å². The van der Waals surface area contributed by atoms with E-state index in [0.29, 0.717) is 22.6 Å². The predicted molar refractivity (Wildman–Crippen MR) is 99.5 cm³/mol. The normalized spacial score (nSPS) is 17.9. The molecule has 0 aromatic heterocycles. The minimum absolute atomic E-state index is 0.0745. The number of carbonyl (C=O) groups is 1. The maximum atomic E-state index is 14.0. The molecule has 1 aliphatic rings. The number of likely N-dealkylation sites (tertiary alicyclic amines) is 1. The fourth-order valence-electron chi connectivity index (χ4n) is 3.23. The quantitative estimate of drug-likeness (QED) is 0.812. The summed E-state index contributed by atoms with van der Waals surface area (Å²) in [6, 6.07) is 9.23. The SMILES string of the molecule is COc1ccc(OCc2c(Cl)cc(F)cc2C(C)N2C[C@@H](O)CC2=O)cc1. The summed E-state index contributed by atoms with van der Waals surface area (Å²) in [6.45, 7) is 2.13. The van der Waals surface area contributed by atoms with Gasteiger partial charge >= 0.3 is 0 Å². The maximum Gasteiger partial charge on any atom is 0.225 e. The summed E-state index contributed by atoms with van der Waals surface area (Å²) in [5.74, 6) is 0.671. The molecule has 0 spiro atoms. The van der Waals surface area contributed by atoms with Crippen LogP contribution in [0.1, 0.15) is 30.5 Å². The Bertz CT molecular complexity index is 827. The Hall–Kier alpha value is -2.31. The van der Waals surface area contributed by atoms with E-state index >= 15 is 0 Å². The van der Waals surface area contributed by atoms with Crippen LogP contribution in [-0.2, 0) is 11.4 Å². The first-order valence-electron chi connectivity index (χ1n) is 8.61. The summed E-state index contributed by atoms with van der Waals surface area (Å²) >= 11 is 6.27. The number of aliphatic hydroxyl groups is 1.